The zero-order valence-electron chi connectivity index (χ0n) is 16.2. The molecular weight excluding hydrogens is 419 g/mol. The highest BCUT2D eigenvalue weighted by molar-refractivity contribution is 7.94. The van der Waals surface area contributed by atoms with Crippen molar-refractivity contribution in [1.82, 2.24) is 0 Å². The van der Waals surface area contributed by atoms with E-state index in [1.807, 2.05) is 0 Å². The Balaban J connectivity index is 1.74. The van der Waals surface area contributed by atoms with E-state index < -0.39 is 38.1 Å². The molecule has 2 aliphatic rings. The van der Waals surface area contributed by atoms with E-state index in [4.69, 9.17) is 0 Å². The van der Waals surface area contributed by atoms with Crippen molar-refractivity contribution >= 4 is 33.0 Å². The lowest BCUT2D eigenvalue weighted by atomic mass is 10.0. The highest BCUT2D eigenvalue weighted by atomic mass is 32.2. The summed E-state index contributed by atoms with van der Waals surface area (Å²) in [7, 11) is -4.22. The molecule has 0 aromatic heterocycles. The quantitative estimate of drug-likeness (QED) is 0.633. The van der Waals surface area contributed by atoms with Gasteiger partial charge in [0.15, 0.2) is 9.84 Å². The maximum Gasteiger partial charge on any atom is 0.274 e. The van der Waals surface area contributed by atoms with Crippen LogP contribution < -0.4 is 9.80 Å². The maximum absolute atomic E-state index is 13.9. The number of fused-ring (bicyclic) bond motifs is 2. The summed E-state index contributed by atoms with van der Waals surface area (Å²) >= 11 is 0. The molecule has 0 bridgehead atoms. The molecule has 1 saturated heterocycles. The van der Waals surface area contributed by atoms with Gasteiger partial charge in [-0.25, -0.2) is 12.8 Å². The lowest BCUT2D eigenvalue weighted by Gasteiger charge is -2.32. The molecule has 2 amide bonds. The van der Waals surface area contributed by atoms with Gasteiger partial charge >= 0.3 is 0 Å². The van der Waals surface area contributed by atoms with E-state index in [1.165, 1.54) is 23.1 Å². The second kappa shape index (κ2) is 6.75. The molecule has 1 fully saturated rings. The third-order valence-corrected chi connectivity index (χ3v) is 7.77. The number of carbonyl (C=O) groups is 2. The normalized spacial score (nSPS) is 21.7. The number of sulfone groups is 1. The van der Waals surface area contributed by atoms with Gasteiger partial charge < -0.3 is 4.90 Å². The third-order valence-electron chi connectivity index (χ3n) is 5.67. The minimum absolute atomic E-state index is 0.0261. The van der Waals surface area contributed by atoms with E-state index in [2.05, 4.69) is 0 Å². The van der Waals surface area contributed by atoms with Crippen molar-refractivity contribution in [2.24, 2.45) is 0 Å². The maximum atomic E-state index is 13.9. The number of hydrogen-bond acceptors (Lipinski definition) is 4. The molecule has 8 heteroatoms. The van der Waals surface area contributed by atoms with Crippen LogP contribution in [0.5, 0.6) is 0 Å². The summed E-state index contributed by atoms with van der Waals surface area (Å²) < 4.78 is 40.6. The molecular formula is C23H17FN2O4S. The van der Waals surface area contributed by atoms with Gasteiger partial charge in [0, 0.05) is 11.3 Å². The first-order valence-electron chi connectivity index (χ1n) is 9.62. The van der Waals surface area contributed by atoms with Gasteiger partial charge in [-0.3, -0.25) is 14.5 Å². The molecule has 5 rings (SSSR count). The van der Waals surface area contributed by atoms with Crippen molar-refractivity contribution in [2.45, 2.75) is 11.4 Å². The Morgan fingerprint density at radius 1 is 0.903 bits per heavy atom. The summed E-state index contributed by atoms with van der Waals surface area (Å²) in [5.74, 6) is -2.63. The Labute approximate surface area is 178 Å². The molecule has 31 heavy (non-hydrogen) atoms. The second-order valence-electron chi connectivity index (χ2n) is 7.51. The fourth-order valence-corrected chi connectivity index (χ4v) is 6.48. The zero-order valence-corrected chi connectivity index (χ0v) is 17.0. The van der Waals surface area contributed by atoms with E-state index in [0.717, 1.165) is 4.90 Å². The summed E-state index contributed by atoms with van der Waals surface area (Å²) in [4.78, 5) is 27.0. The van der Waals surface area contributed by atoms with Crippen molar-refractivity contribution in [2.75, 3.05) is 15.6 Å². The van der Waals surface area contributed by atoms with Gasteiger partial charge in [0.25, 0.3) is 10.8 Å². The van der Waals surface area contributed by atoms with Crippen molar-refractivity contribution in [1.29, 1.82) is 0 Å². The van der Waals surface area contributed by atoms with Gasteiger partial charge in [-0.1, -0.05) is 48.5 Å². The number of rotatable bonds is 3. The van der Waals surface area contributed by atoms with Gasteiger partial charge in [-0.05, 0) is 35.9 Å². The van der Waals surface area contributed by atoms with E-state index >= 15 is 0 Å². The average Bonchev–Trinajstić information content (AvgIpc) is 3.12. The zero-order chi connectivity index (χ0) is 21.8. The SMILES string of the molecule is O=C1CS(=O)(=O)C2(C(=O)N(Cc3cccc(F)c3)c3ccccc32)N1c1ccccc1. The Morgan fingerprint density at radius 3 is 2.35 bits per heavy atom. The summed E-state index contributed by atoms with van der Waals surface area (Å²) in [5.41, 5.74) is 1.44. The number of nitrogens with zero attached hydrogens (tertiary/aromatic N) is 2. The van der Waals surface area contributed by atoms with Crippen molar-refractivity contribution in [3.8, 4) is 0 Å². The Bertz CT molecular complexity index is 1330. The Hall–Kier alpha value is -3.52. The van der Waals surface area contributed by atoms with Gasteiger partial charge in [0.05, 0.1) is 12.2 Å². The molecule has 0 aliphatic carbocycles. The van der Waals surface area contributed by atoms with Crippen LogP contribution in [-0.2, 0) is 30.8 Å². The van der Waals surface area contributed by atoms with Crippen molar-refractivity contribution in [3.63, 3.8) is 0 Å². The van der Waals surface area contributed by atoms with Crippen LogP contribution in [0, 0.1) is 5.82 Å². The molecule has 1 atom stereocenters. The molecule has 0 radical (unpaired) electrons. The van der Waals surface area contributed by atoms with Crippen molar-refractivity contribution < 1.29 is 22.4 Å². The van der Waals surface area contributed by atoms with E-state index in [-0.39, 0.29) is 12.1 Å². The standard InChI is InChI=1S/C23H17FN2O4S/c24-17-8-6-7-16(13-17)14-25-20-12-5-4-11-19(20)23(22(25)28)26(18-9-2-1-3-10-18)21(27)15-31(23,29)30/h1-13H,14-15H2. The average molecular weight is 436 g/mol. The summed E-state index contributed by atoms with van der Waals surface area (Å²) in [6.07, 6.45) is 0. The molecule has 2 heterocycles. The highest BCUT2D eigenvalue weighted by Crippen LogP contribution is 2.52. The van der Waals surface area contributed by atoms with E-state index in [0.29, 0.717) is 16.9 Å². The van der Waals surface area contributed by atoms with E-state index in [9.17, 15) is 22.4 Å². The minimum Gasteiger partial charge on any atom is -0.304 e. The van der Waals surface area contributed by atoms with Gasteiger partial charge in [-0.2, -0.15) is 0 Å². The van der Waals surface area contributed by atoms with Crippen LogP contribution in [-0.4, -0.2) is 26.0 Å². The molecule has 1 unspecified atom stereocenters. The van der Waals surface area contributed by atoms with Crippen LogP contribution in [0.15, 0.2) is 78.9 Å². The largest absolute Gasteiger partial charge is 0.304 e. The van der Waals surface area contributed by atoms with Crippen LogP contribution in [0.3, 0.4) is 0 Å². The Kier molecular flexibility index (Phi) is 4.23. The number of hydrogen-bond donors (Lipinski definition) is 0. The van der Waals surface area contributed by atoms with Crippen LogP contribution >= 0.6 is 0 Å². The Morgan fingerprint density at radius 2 is 1.61 bits per heavy atom. The fourth-order valence-electron chi connectivity index (χ4n) is 4.44. The van der Waals surface area contributed by atoms with Gasteiger partial charge in [0.2, 0.25) is 5.91 Å². The van der Waals surface area contributed by atoms with Crippen molar-refractivity contribution in [3.05, 3.63) is 95.8 Å². The first-order valence-corrected chi connectivity index (χ1v) is 11.3. The summed E-state index contributed by atoms with van der Waals surface area (Å²) in [5, 5.41) is 0. The van der Waals surface area contributed by atoms with Crippen LogP contribution in [0.25, 0.3) is 0 Å². The monoisotopic (exact) mass is 436 g/mol. The fraction of sp³-hybridized carbons (Fsp3) is 0.130. The molecule has 3 aromatic rings. The minimum atomic E-state index is -4.22. The number of benzene rings is 3. The third kappa shape index (κ3) is 2.64. The van der Waals surface area contributed by atoms with Gasteiger partial charge in [0.1, 0.15) is 11.6 Å². The molecule has 0 N–H and O–H groups in total. The van der Waals surface area contributed by atoms with Gasteiger partial charge in [-0.15, -0.1) is 0 Å². The highest BCUT2D eigenvalue weighted by Gasteiger charge is 2.69. The number of halogens is 1. The predicted molar refractivity (Wildman–Crippen MR) is 113 cm³/mol. The lowest BCUT2D eigenvalue weighted by molar-refractivity contribution is -0.123. The second-order valence-corrected chi connectivity index (χ2v) is 9.62. The molecule has 0 saturated carbocycles. The number of carbonyl (C=O) groups excluding carboxylic acids is 2. The molecule has 2 aliphatic heterocycles. The first kappa shape index (κ1) is 19.4. The van der Waals surface area contributed by atoms with Crippen LogP contribution in [0.4, 0.5) is 15.8 Å². The molecule has 1 spiro atoms. The first-order chi connectivity index (χ1) is 14.9. The lowest BCUT2D eigenvalue weighted by Crippen LogP contribution is -2.54. The number of amides is 2. The molecule has 156 valence electrons. The van der Waals surface area contributed by atoms with Crippen LogP contribution in [0.2, 0.25) is 0 Å². The molecule has 6 nitrogen and oxygen atoms in total. The number of anilines is 2. The molecule has 3 aromatic carbocycles. The summed E-state index contributed by atoms with van der Waals surface area (Å²) in [6, 6.07) is 20.6. The number of para-hydroxylation sites is 2. The van der Waals surface area contributed by atoms with Crippen LogP contribution in [0.1, 0.15) is 11.1 Å². The topological polar surface area (TPSA) is 74.8 Å². The van der Waals surface area contributed by atoms with E-state index in [1.54, 1.807) is 60.7 Å². The smallest absolute Gasteiger partial charge is 0.274 e. The summed E-state index contributed by atoms with van der Waals surface area (Å²) in [6.45, 7) is -0.0261. The predicted octanol–water partition coefficient (Wildman–Crippen LogP) is 2.99.